The SMILES string of the molecule is O=C(Cc1ccccn1)N1CC(=O)N2[C@@H](CO)[C@H](c3ccc(C#CC4CC4)cc3)[C@@H]2C1. The highest BCUT2D eigenvalue weighted by Crippen LogP contribution is 2.43. The normalized spacial score (nSPS) is 24.7. The number of benzene rings is 1. The number of pyridine rings is 1. The van der Waals surface area contributed by atoms with Gasteiger partial charge in [-0.1, -0.05) is 30.0 Å². The number of fused-ring (bicyclic) bond motifs is 1. The smallest absolute Gasteiger partial charge is 0.242 e. The zero-order chi connectivity index (χ0) is 21.4. The molecule has 3 aliphatic rings. The van der Waals surface area contributed by atoms with Crippen LogP contribution >= 0.6 is 0 Å². The summed E-state index contributed by atoms with van der Waals surface area (Å²) in [6.45, 7) is 0.445. The maximum atomic E-state index is 12.8. The maximum absolute atomic E-state index is 12.8. The molecule has 2 aromatic rings. The summed E-state index contributed by atoms with van der Waals surface area (Å²) >= 11 is 0. The zero-order valence-corrected chi connectivity index (χ0v) is 17.3. The van der Waals surface area contributed by atoms with Crippen LogP contribution in [0.2, 0.25) is 0 Å². The van der Waals surface area contributed by atoms with E-state index in [0.29, 0.717) is 18.2 Å². The Morgan fingerprint density at radius 1 is 1.16 bits per heavy atom. The van der Waals surface area contributed by atoms with Gasteiger partial charge in [0.15, 0.2) is 0 Å². The molecule has 2 aliphatic heterocycles. The lowest BCUT2D eigenvalue weighted by Crippen LogP contribution is -2.73. The van der Waals surface area contributed by atoms with Crippen LogP contribution in [0.5, 0.6) is 0 Å². The molecule has 31 heavy (non-hydrogen) atoms. The molecule has 6 heteroatoms. The zero-order valence-electron chi connectivity index (χ0n) is 17.3. The lowest BCUT2D eigenvalue weighted by atomic mass is 9.73. The first-order valence-corrected chi connectivity index (χ1v) is 10.9. The number of aliphatic hydroxyl groups excluding tert-OH is 1. The largest absolute Gasteiger partial charge is 0.394 e. The fourth-order valence-corrected chi connectivity index (χ4v) is 4.66. The Hall–Kier alpha value is -3.17. The van der Waals surface area contributed by atoms with E-state index in [1.165, 1.54) is 12.8 Å². The summed E-state index contributed by atoms with van der Waals surface area (Å²) in [5.41, 5.74) is 2.76. The maximum Gasteiger partial charge on any atom is 0.242 e. The molecule has 3 atom stereocenters. The van der Waals surface area contributed by atoms with E-state index < -0.39 is 0 Å². The number of aliphatic hydroxyl groups is 1. The molecular weight excluding hydrogens is 390 g/mol. The second-order valence-corrected chi connectivity index (χ2v) is 8.58. The van der Waals surface area contributed by atoms with Crippen LogP contribution in [0, 0.1) is 17.8 Å². The van der Waals surface area contributed by atoms with Crippen LogP contribution in [-0.4, -0.2) is 63.5 Å². The summed E-state index contributed by atoms with van der Waals surface area (Å²) in [4.78, 5) is 33.2. The van der Waals surface area contributed by atoms with Crippen LogP contribution in [0.4, 0.5) is 0 Å². The molecule has 1 saturated carbocycles. The summed E-state index contributed by atoms with van der Waals surface area (Å²) in [6.07, 6.45) is 4.25. The summed E-state index contributed by atoms with van der Waals surface area (Å²) in [5.74, 6) is 6.85. The Labute approximate surface area is 181 Å². The summed E-state index contributed by atoms with van der Waals surface area (Å²) in [6, 6.07) is 13.2. The van der Waals surface area contributed by atoms with Crippen molar-refractivity contribution in [2.45, 2.75) is 37.3 Å². The van der Waals surface area contributed by atoms with Crippen molar-refractivity contribution in [3.05, 3.63) is 65.5 Å². The van der Waals surface area contributed by atoms with E-state index >= 15 is 0 Å². The summed E-state index contributed by atoms with van der Waals surface area (Å²) < 4.78 is 0. The van der Waals surface area contributed by atoms with Crippen molar-refractivity contribution in [2.75, 3.05) is 19.7 Å². The molecule has 5 rings (SSSR count). The molecule has 3 fully saturated rings. The van der Waals surface area contributed by atoms with Crippen LogP contribution in [0.3, 0.4) is 0 Å². The number of aromatic nitrogens is 1. The van der Waals surface area contributed by atoms with Gasteiger partial charge < -0.3 is 14.9 Å². The fraction of sp³-hybridized carbons (Fsp3) is 0.400. The predicted octanol–water partition coefficient (Wildman–Crippen LogP) is 1.58. The first kappa shape index (κ1) is 19.8. The van der Waals surface area contributed by atoms with Crippen molar-refractivity contribution in [1.82, 2.24) is 14.8 Å². The monoisotopic (exact) mass is 415 g/mol. The van der Waals surface area contributed by atoms with Crippen molar-refractivity contribution in [1.29, 1.82) is 0 Å². The molecule has 1 aliphatic carbocycles. The molecule has 6 nitrogen and oxygen atoms in total. The van der Waals surface area contributed by atoms with Crippen molar-refractivity contribution in [3.8, 4) is 11.8 Å². The first-order valence-electron chi connectivity index (χ1n) is 10.9. The molecule has 2 saturated heterocycles. The molecule has 0 unspecified atom stereocenters. The van der Waals surface area contributed by atoms with Crippen LogP contribution in [0.15, 0.2) is 48.7 Å². The number of hydrogen-bond acceptors (Lipinski definition) is 4. The number of carbonyl (C=O) groups is 2. The van der Waals surface area contributed by atoms with Crippen LogP contribution in [-0.2, 0) is 16.0 Å². The summed E-state index contributed by atoms with van der Waals surface area (Å²) in [7, 11) is 0. The average Bonchev–Trinajstić information content (AvgIpc) is 3.60. The molecule has 0 bridgehead atoms. The quantitative estimate of drug-likeness (QED) is 0.770. The van der Waals surface area contributed by atoms with Crippen LogP contribution in [0.25, 0.3) is 0 Å². The van der Waals surface area contributed by atoms with Gasteiger partial charge in [-0.05, 0) is 42.7 Å². The van der Waals surface area contributed by atoms with E-state index in [1.807, 2.05) is 42.5 Å². The number of piperazine rings is 1. The lowest BCUT2D eigenvalue weighted by molar-refractivity contribution is -0.166. The van der Waals surface area contributed by atoms with Gasteiger partial charge in [-0.3, -0.25) is 14.6 Å². The molecule has 0 spiro atoms. The Morgan fingerprint density at radius 2 is 1.97 bits per heavy atom. The van der Waals surface area contributed by atoms with E-state index in [4.69, 9.17) is 0 Å². The van der Waals surface area contributed by atoms with Gasteiger partial charge in [-0.15, -0.1) is 0 Å². The fourth-order valence-electron chi connectivity index (χ4n) is 4.66. The minimum Gasteiger partial charge on any atom is -0.394 e. The molecule has 158 valence electrons. The molecule has 2 amide bonds. The molecule has 1 aromatic heterocycles. The van der Waals surface area contributed by atoms with Gasteiger partial charge in [0, 0.05) is 35.8 Å². The van der Waals surface area contributed by atoms with E-state index in [2.05, 4.69) is 16.8 Å². The van der Waals surface area contributed by atoms with E-state index in [-0.39, 0.29) is 49.4 Å². The van der Waals surface area contributed by atoms with Gasteiger partial charge in [0.05, 0.1) is 31.7 Å². The Balaban J connectivity index is 1.31. The Kier molecular flexibility index (Phi) is 5.21. The van der Waals surface area contributed by atoms with Crippen LogP contribution < -0.4 is 0 Å². The van der Waals surface area contributed by atoms with Gasteiger partial charge in [0.25, 0.3) is 0 Å². The van der Waals surface area contributed by atoms with Gasteiger partial charge in [-0.25, -0.2) is 0 Å². The molecule has 0 radical (unpaired) electrons. The van der Waals surface area contributed by atoms with Gasteiger partial charge in [0.1, 0.15) is 0 Å². The molecular formula is C25H25N3O3. The number of carbonyl (C=O) groups excluding carboxylic acids is 2. The minimum absolute atomic E-state index is 0.00448. The molecule has 1 aromatic carbocycles. The molecule has 1 N–H and O–H groups in total. The van der Waals surface area contributed by atoms with Gasteiger partial charge in [0.2, 0.25) is 11.8 Å². The third kappa shape index (κ3) is 3.94. The third-order valence-electron chi connectivity index (χ3n) is 6.46. The van der Waals surface area contributed by atoms with E-state index in [0.717, 1.165) is 11.1 Å². The van der Waals surface area contributed by atoms with Crippen molar-refractivity contribution in [3.63, 3.8) is 0 Å². The van der Waals surface area contributed by atoms with Crippen molar-refractivity contribution in [2.24, 2.45) is 5.92 Å². The minimum atomic E-state index is -0.242. The Bertz CT molecular complexity index is 1040. The van der Waals surface area contributed by atoms with Crippen LogP contribution in [0.1, 0.15) is 35.6 Å². The van der Waals surface area contributed by atoms with Gasteiger partial charge in [-0.2, -0.15) is 0 Å². The van der Waals surface area contributed by atoms with Crippen molar-refractivity contribution < 1.29 is 14.7 Å². The van der Waals surface area contributed by atoms with E-state index in [9.17, 15) is 14.7 Å². The first-order chi connectivity index (χ1) is 15.1. The second-order valence-electron chi connectivity index (χ2n) is 8.58. The second kappa shape index (κ2) is 8.16. The number of rotatable bonds is 4. The van der Waals surface area contributed by atoms with Gasteiger partial charge >= 0.3 is 0 Å². The number of amides is 2. The highest BCUT2D eigenvalue weighted by Gasteiger charge is 2.54. The predicted molar refractivity (Wildman–Crippen MR) is 115 cm³/mol. The number of nitrogens with zero attached hydrogens (tertiary/aromatic N) is 3. The topological polar surface area (TPSA) is 73.7 Å². The summed E-state index contributed by atoms with van der Waals surface area (Å²) in [5, 5.41) is 9.95. The highest BCUT2D eigenvalue weighted by atomic mass is 16.3. The third-order valence-corrected chi connectivity index (χ3v) is 6.46. The Morgan fingerprint density at radius 3 is 2.65 bits per heavy atom. The molecule has 3 heterocycles. The van der Waals surface area contributed by atoms with Crippen molar-refractivity contribution >= 4 is 11.8 Å². The lowest BCUT2D eigenvalue weighted by Gasteiger charge is -2.58. The highest BCUT2D eigenvalue weighted by molar-refractivity contribution is 5.88. The van der Waals surface area contributed by atoms with E-state index in [1.54, 1.807) is 16.0 Å². The average molecular weight is 415 g/mol. The number of hydrogen-bond donors (Lipinski definition) is 1. The standard InChI is InChI=1S/C25H25N3O3/c29-16-22-25(19-10-8-18(9-11-19)7-6-17-4-5-17)21-14-27(15-24(31)28(21)22)23(30)13-20-3-1-2-12-26-20/h1-3,8-12,17,21-22,25,29H,4-5,13-16H2/t21-,22-,25+/m0/s1.